The number of urea groups is 1. The maximum atomic E-state index is 11.9. The Kier molecular flexibility index (Phi) is 5.44. The summed E-state index contributed by atoms with van der Waals surface area (Å²) in [6, 6.07) is -0.0882. The van der Waals surface area contributed by atoms with Crippen LogP contribution < -0.4 is 5.32 Å². The number of carbonyl (C=O) groups is 2. The SMILES string of the molecule is O=C(CCNC(=O)N1CCOCC1)N1CCCCC1. The molecule has 0 saturated carbocycles. The van der Waals surface area contributed by atoms with Crippen molar-refractivity contribution in [3.05, 3.63) is 0 Å². The molecule has 0 aromatic heterocycles. The Hall–Kier alpha value is -1.30. The van der Waals surface area contributed by atoms with E-state index in [4.69, 9.17) is 4.74 Å². The number of amides is 3. The largest absolute Gasteiger partial charge is 0.378 e. The van der Waals surface area contributed by atoms with Gasteiger partial charge in [0.05, 0.1) is 13.2 Å². The minimum absolute atomic E-state index is 0.0882. The molecule has 0 spiro atoms. The molecule has 0 unspecified atom stereocenters. The maximum Gasteiger partial charge on any atom is 0.317 e. The molecule has 1 N–H and O–H groups in total. The van der Waals surface area contributed by atoms with Gasteiger partial charge in [-0.25, -0.2) is 4.79 Å². The van der Waals surface area contributed by atoms with Crippen molar-refractivity contribution in [1.82, 2.24) is 15.1 Å². The number of carbonyl (C=O) groups excluding carboxylic acids is 2. The zero-order valence-corrected chi connectivity index (χ0v) is 11.4. The number of morpholine rings is 1. The first-order chi connectivity index (χ1) is 9.27. The zero-order chi connectivity index (χ0) is 13.5. The van der Waals surface area contributed by atoms with Gasteiger partial charge in [-0.3, -0.25) is 4.79 Å². The third-order valence-electron chi connectivity index (χ3n) is 3.62. The van der Waals surface area contributed by atoms with Crippen molar-refractivity contribution in [3.63, 3.8) is 0 Å². The minimum Gasteiger partial charge on any atom is -0.378 e. The van der Waals surface area contributed by atoms with Crippen LogP contribution in [-0.4, -0.2) is 67.7 Å². The van der Waals surface area contributed by atoms with E-state index in [0.717, 1.165) is 25.9 Å². The average molecular weight is 269 g/mol. The molecule has 0 aromatic rings. The first-order valence-electron chi connectivity index (χ1n) is 7.15. The summed E-state index contributed by atoms with van der Waals surface area (Å²) >= 11 is 0. The van der Waals surface area contributed by atoms with Crippen molar-refractivity contribution in [2.75, 3.05) is 45.9 Å². The third-order valence-corrected chi connectivity index (χ3v) is 3.62. The number of likely N-dealkylation sites (tertiary alicyclic amines) is 1. The van der Waals surface area contributed by atoms with Gasteiger partial charge in [0.1, 0.15) is 0 Å². The predicted octanol–water partition coefficient (Wildman–Crippen LogP) is 0.431. The van der Waals surface area contributed by atoms with Gasteiger partial charge in [0.15, 0.2) is 0 Å². The molecule has 0 aliphatic carbocycles. The molecule has 2 aliphatic heterocycles. The Morgan fingerprint density at radius 3 is 2.32 bits per heavy atom. The normalized spacial score (nSPS) is 20.2. The lowest BCUT2D eigenvalue weighted by atomic mass is 10.1. The summed E-state index contributed by atoms with van der Waals surface area (Å²) in [5, 5.41) is 2.81. The summed E-state index contributed by atoms with van der Waals surface area (Å²) in [6.45, 7) is 4.62. The van der Waals surface area contributed by atoms with Crippen LogP contribution in [0.1, 0.15) is 25.7 Å². The molecular formula is C13H23N3O3. The van der Waals surface area contributed by atoms with Crippen molar-refractivity contribution in [3.8, 4) is 0 Å². The smallest absolute Gasteiger partial charge is 0.317 e. The number of hydrogen-bond donors (Lipinski definition) is 1. The number of hydrogen-bond acceptors (Lipinski definition) is 3. The number of nitrogens with one attached hydrogen (secondary N) is 1. The summed E-state index contributed by atoms with van der Waals surface area (Å²) < 4.78 is 5.19. The van der Waals surface area contributed by atoms with Crippen molar-refractivity contribution in [1.29, 1.82) is 0 Å². The minimum atomic E-state index is -0.0882. The van der Waals surface area contributed by atoms with Crippen LogP contribution in [0.4, 0.5) is 4.79 Å². The zero-order valence-electron chi connectivity index (χ0n) is 11.4. The molecule has 6 nitrogen and oxygen atoms in total. The van der Waals surface area contributed by atoms with Crippen LogP contribution in [0.2, 0.25) is 0 Å². The lowest BCUT2D eigenvalue weighted by molar-refractivity contribution is -0.131. The van der Waals surface area contributed by atoms with Crippen LogP contribution in [0.25, 0.3) is 0 Å². The Morgan fingerprint density at radius 1 is 0.947 bits per heavy atom. The fourth-order valence-corrected chi connectivity index (χ4v) is 2.46. The lowest BCUT2D eigenvalue weighted by Crippen LogP contribution is -2.47. The van der Waals surface area contributed by atoms with Gasteiger partial charge in [0.2, 0.25) is 5.91 Å². The summed E-state index contributed by atoms with van der Waals surface area (Å²) in [5.74, 6) is 0.155. The van der Waals surface area contributed by atoms with Crippen molar-refractivity contribution in [2.24, 2.45) is 0 Å². The van der Waals surface area contributed by atoms with Crippen LogP contribution >= 0.6 is 0 Å². The van der Waals surface area contributed by atoms with E-state index in [1.165, 1.54) is 6.42 Å². The molecule has 0 aromatic carbocycles. The van der Waals surface area contributed by atoms with Crippen LogP contribution in [0.3, 0.4) is 0 Å². The van der Waals surface area contributed by atoms with Gasteiger partial charge in [-0.2, -0.15) is 0 Å². The van der Waals surface area contributed by atoms with Crippen LogP contribution in [0.15, 0.2) is 0 Å². The second-order valence-electron chi connectivity index (χ2n) is 5.02. The quantitative estimate of drug-likeness (QED) is 0.808. The molecule has 2 fully saturated rings. The van der Waals surface area contributed by atoms with E-state index in [0.29, 0.717) is 39.3 Å². The molecule has 2 aliphatic rings. The third kappa shape index (κ3) is 4.38. The second-order valence-corrected chi connectivity index (χ2v) is 5.02. The van der Waals surface area contributed by atoms with E-state index in [2.05, 4.69) is 5.32 Å². The van der Waals surface area contributed by atoms with Gasteiger partial charge in [-0.15, -0.1) is 0 Å². The highest BCUT2D eigenvalue weighted by Gasteiger charge is 2.18. The van der Waals surface area contributed by atoms with Gasteiger partial charge >= 0.3 is 6.03 Å². The van der Waals surface area contributed by atoms with Crippen LogP contribution in [0.5, 0.6) is 0 Å². The predicted molar refractivity (Wildman–Crippen MR) is 70.8 cm³/mol. The number of ether oxygens (including phenoxy) is 1. The molecule has 19 heavy (non-hydrogen) atoms. The average Bonchev–Trinajstić information content (AvgIpc) is 2.49. The van der Waals surface area contributed by atoms with Gasteiger partial charge < -0.3 is 19.9 Å². The van der Waals surface area contributed by atoms with E-state index in [9.17, 15) is 9.59 Å². The Labute approximate surface area is 114 Å². The highest BCUT2D eigenvalue weighted by molar-refractivity contribution is 5.78. The monoisotopic (exact) mass is 269 g/mol. The fourth-order valence-electron chi connectivity index (χ4n) is 2.46. The number of nitrogens with zero attached hydrogens (tertiary/aromatic N) is 2. The van der Waals surface area contributed by atoms with Crippen LogP contribution in [-0.2, 0) is 9.53 Å². The van der Waals surface area contributed by atoms with Gasteiger partial charge in [-0.1, -0.05) is 0 Å². The van der Waals surface area contributed by atoms with Crippen molar-refractivity contribution >= 4 is 11.9 Å². The van der Waals surface area contributed by atoms with Crippen molar-refractivity contribution in [2.45, 2.75) is 25.7 Å². The molecule has 6 heteroatoms. The van der Waals surface area contributed by atoms with E-state index in [-0.39, 0.29) is 11.9 Å². The van der Waals surface area contributed by atoms with E-state index >= 15 is 0 Å². The fraction of sp³-hybridized carbons (Fsp3) is 0.846. The standard InChI is InChI=1S/C13H23N3O3/c17-12(15-6-2-1-3-7-15)4-5-14-13(18)16-8-10-19-11-9-16/h1-11H2,(H,14,18). The Balaban J connectivity index is 1.62. The highest BCUT2D eigenvalue weighted by Crippen LogP contribution is 2.09. The summed E-state index contributed by atoms with van der Waals surface area (Å²) in [5.41, 5.74) is 0. The molecule has 3 amide bonds. The molecule has 2 rings (SSSR count). The molecule has 2 saturated heterocycles. The van der Waals surface area contributed by atoms with Gasteiger partial charge in [0.25, 0.3) is 0 Å². The first kappa shape index (κ1) is 14.1. The molecule has 0 atom stereocenters. The highest BCUT2D eigenvalue weighted by atomic mass is 16.5. The summed E-state index contributed by atoms with van der Waals surface area (Å²) in [7, 11) is 0. The van der Waals surface area contributed by atoms with E-state index < -0.39 is 0 Å². The molecule has 108 valence electrons. The molecule has 2 heterocycles. The summed E-state index contributed by atoms with van der Waals surface area (Å²) in [6.07, 6.45) is 3.82. The van der Waals surface area contributed by atoms with Gasteiger partial charge in [0, 0.05) is 39.1 Å². The molecular weight excluding hydrogens is 246 g/mol. The maximum absolute atomic E-state index is 11.9. The van der Waals surface area contributed by atoms with Crippen molar-refractivity contribution < 1.29 is 14.3 Å². The first-order valence-corrected chi connectivity index (χ1v) is 7.15. The Bertz CT molecular complexity index is 280. The second kappa shape index (κ2) is 7.33. The van der Waals surface area contributed by atoms with E-state index in [1.807, 2.05) is 4.90 Å². The molecule has 0 bridgehead atoms. The summed E-state index contributed by atoms with van der Waals surface area (Å²) in [4.78, 5) is 27.3. The lowest BCUT2D eigenvalue weighted by Gasteiger charge is -2.28. The Morgan fingerprint density at radius 2 is 1.63 bits per heavy atom. The number of piperidine rings is 1. The van der Waals surface area contributed by atoms with Gasteiger partial charge in [-0.05, 0) is 19.3 Å². The molecule has 0 radical (unpaired) electrons. The number of rotatable bonds is 3. The topological polar surface area (TPSA) is 61.9 Å². The van der Waals surface area contributed by atoms with Crippen LogP contribution in [0, 0.1) is 0 Å². The van der Waals surface area contributed by atoms with E-state index in [1.54, 1.807) is 4.90 Å².